The summed E-state index contributed by atoms with van der Waals surface area (Å²) in [5, 5.41) is 6.19. The van der Waals surface area contributed by atoms with Crippen molar-refractivity contribution < 1.29 is 28.6 Å². The maximum Gasteiger partial charge on any atom is 0.320 e. The van der Waals surface area contributed by atoms with E-state index in [4.69, 9.17) is 19.9 Å². The molecule has 12 heteroatoms. The smallest absolute Gasteiger partial charge is 0.320 e. The largest absolute Gasteiger partial charge is 0.493 e. The Bertz CT molecular complexity index is 1320. The van der Waals surface area contributed by atoms with Gasteiger partial charge in [0.05, 0.1) is 38.8 Å². The zero-order chi connectivity index (χ0) is 31.1. The Morgan fingerprint density at radius 1 is 0.795 bits per heavy atom. The van der Waals surface area contributed by atoms with Crippen LogP contribution in [0.3, 0.4) is 0 Å². The minimum absolute atomic E-state index is 0.0350. The number of hydrogen-bond acceptors (Lipinski definition) is 8. The molecule has 1 aliphatic carbocycles. The van der Waals surface area contributed by atoms with E-state index in [9.17, 15) is 14.4 Å². The molecule has 1 saturated carbocycles. The lowest BCUT2D eigenvalue weighted by Gasteiger charge is -2.32. The summed E-state index contributed by atoms with van der Waals surface area (Å²) in [5.41, 5.74) is 8.22. The van der Waals surface area contributed by atoms with Gasteiger partial charge in [0.2, 0.25) is 0 Å². The molecule has 4 amide bonds. The molecule has 12 nitrogen and oxygen atoms in total. The third-order valence-electron chi connectivity index (χ3n) is 8.65. The number of methoxy groups -OCH3 is 2. The number of morpholine rings is 1. The molecule has 44 heavy (non-hydrogen) atoms. The third kappa shape index (κ3) is 7.54. The zero-order valence-corrected chi connectivity index (χ0v) is 25.7. The molecule has 2 saturated heterocycles. The molecule has 2 aromatic rings. The summed E-state index contributed by atoms with van der Waals surface area (Å²) in [4.78, 5) is 45.9. The summed E-state index contributed by atoms with van der Waals surface area (Å²) in [6, 6.07) is 10.7. The highest BCUT2D eigenvalue weighted by atomic mass is 16.5. The Labute approximate surface area is 258 Å². The molecule has 0 unspecified atom stereocenters. The third-order valence-corrected chi connectivity index (χ3v) is 8.65. The molecule has 0 bridgehead atoms. The zero-order valence-electron chi connectivity index (χ0n) is 25.7. The van der Waals surface area contributed by atoms with Gasteiger partial charge < -0.3 is 45.3 Å². The molecule has 3 aliphatic rings. The fraction of sp³-hybridized carbons (Fsp3) is 0.531. The van der Waals surface area contributed by atoms with E-state index in [2.05, 4.69) is 15.5 Å². The van der Waals surface area contributed by atoms with E-state index in [1.807, 2.05) is 15.9 Å². The second kappa shape index (κ2) is 14.6. The highest BCUT2D eigenvalue weighted by molar-refractivity contribution is 6.07. The highest BCUT2D eigenvalue weighted by Crippen LogP contribution is 2.31. The molecule has 0 aromatic heterocycles. The number of urea groups is 1. The number of nitrogens with two attached hydrogens (primary N) is 1. The molecule has 4 N–H and O–H groups in total. The van der Waals surface area contributed by atoms with Crippen molar-refractivity contribution in [2.45, 2.75) is 44.2 Å². The Balaban J connectivity index is 1.36. The van der Waals surface area contributed by atoms with E-state index in [1.165, 1.54) is 7.11 Å². The van der Waals surface area contributed by atoms with Crippen molar-refractivity contribution in [2.24, 2.45) is 5.73 Å². The summed E-state index contributed by atoms with van der Waals surface area (Å²) >= 11 is 0. The van der Waals surface area contributed by atoms with Gasteiger partial charge >= 0.3 is 6.03 Å². The molecule has 238 valence electrons. The molecule has 2 aliphatic heterocycles. The van der Waals surface area contributed by atoms with E-state index in [0.717, 1.165) is 37.8 Å². The maximum absolute atomic E-state index is 13.5. The summed E-state index contributed by atoms with van der Waals surface area (Å²) in [6.45, 7) is 4.79. The number of carbonyl (C=O) groups excluding carboxylic acids is 3. The molecular formula is C32H44N6O6. The Morgan fingerprint density at radius 2 is 1.48 bits per heavy atom. The number of anilines is 2. The first kappa shape index (κ1) is 31.4. The predicted octanol–water partition coefficient (Wildman–Crippen LogP) is 2.92. The minimum Gasteiger partial charge on any atom is -0.493 e. The van der Waals surface area contributed by atoms with Gasteiger partial charge in [-0.3, -0.25) is 9.59 Å². The Morgan fingerprint density at radius 3 is 2.20 bits per heavy atom. The first-order chi connectivity index (χ1) is 21.4. The second-order valence-corrected chi connectivity index (χ2v) is 11.6. The second-order valence-electron chi connectivity index (χ2n) is 11.6. The van der Waals surface area contributed by atoms with Crippen LogP contribution in [0.15, 0.2) is 36.4 Å². The quantitative estimate of drug-likeness (QED) is 0.436. The van der Waals surface area contributed by atoms with Gasteiger partial charge in [-0.1, -0.05) is 0 Å². The fourth-order valence-electron chi connectivity index (χ4n) is 6.06. The van der Waals surface area contributed by atoms with Crippen molar-refractivity contribution in [2.75, 3.05) is 76.9 Å². The van der Waals surface area contributed by atoms with Crippen LogP contribution in [0.5, 0.6) is 11.5 Å². The lowest BCUT2D eigenvalue weighted by molar-refractivity contribution is 0.0438. The minimum atomic E-state index is -0.343. The van der Waals surface area contributed by atoms with Crippen molar-refractivity contribution in [3.8, 4) is 11.5 Å². The van der Waals surface area contributed by atoms with Gasteiger partial charge in [-0.15, -0.1) is 0 Å². The van der Waals surface area contributed by atoms with Gasteiger partial charge in [-0.2, -0.15) is 0 Å². The van der Waals surface area contributed by atoms with Crippen LogP contribution in [0, 0.1) is 0 Å². The summed E-state index contributed by atoms with van der Waals surface area (Å²) < 4.78 is 16.1. The topological polar surface area (TPSA) is 139 Å². The first-order valence-corrected chi connectivity index (χ1v) is 15.5. The standard InChI is InChI=1S/C32H44N6O6/c1-42-28-11-5-23(21-29(28)43-2)31(40)35-26-20-22(30(39)34-25-8-6-24(33)7-9-25)4-10-27(26)36-12-3-13-37(15-14-36)32(41)38-16-18-44-19-17-38/h4-5,10-11,20-21,24-25H,3,6-9,12-19,33H2,1-2H3,(H,34,39)(H,35,40). The number of nitrogens with zero attached hydrogens (tertiary/aromatic N) is 3. The van der Waals surface area contributed by atoms with Gasteiger partial charge in [0.25, 0.3) is 11.8 Å². The molecular weight excluding hydrogens is 564 g/mol. The normalized spacial score (nSPS) is 20.8. The van der Waals surface area contributed by atoms with Crippen LogP contribution in [-0.2, 0) is 4.74 Å². The predicted molar refractivity (Wildman–Crippen MR) is 168 cm³/mol. The molecule has 0 atom stereocenters. The van der Waals surface area contributed by atoms with E-state index >= 15 is 0 Å². The van der Waals surface area contributed by atoms with Crippen LogP contribution >= 0.6 is 0 Å². The van der Waals surface area contributed by atoms with Crippen molar-refractivity contribution in [1.29, 1.82) is 0 Å². The van der Waals surface area contributed by atoms with E-state index in [0.29, 0.717) is 80.8 Å². The van der Waals surface area contributed by atoms with Crippen LogP contribution in [0.4, 0.5) is 16.2 Å². The summed E-state index contributed by atoms with van der Waals surface area (Å²) in [7, 11) is 3.06. The lowest BCUT2D eigenvalue weighted by Crippen LogP contribution is -2.49. The summed E-state index contributed by atoms with van der Waals surface area (Å²) in [5.74, 6) is 0.438. The first-order valence-electron chi connectivity index (χ1n) is 15.5. The number of nitrogens with one attached hydrogen (secondary N) is 2. The van der Waals surface area contributed by atoms with Crippen LogP contribution in [0.25, 0.3) is 0 Å². The average Bonchev–Trinajstić information content (AvgIpc) is 3.31. The molecule has 5 rings (SSSR count). The average molecular weight is 609 g/mol. The van der Waals surface area contributed by atoms with E-state index < -0.39 is 0 Å². The van der Waals surface area contributed by atoms with Crippen LogP contribution < -0.4 is 30.7 Å². The molecule has 0 radical (unpaired) electrons. The van der Waals surface area contributed by atoms with Crippen molar-refractivity contribution in [1.82, 2.24) is 15.1 Å². The monoisotopic (exact) mass is 608 g/mol. The number of amides is 4. The number of carbonyl (C=O) groups is 3. The Kier molecular flexibility index (Phi) is 10.4. The number of ether oxygens (including phenoxy) is 3. The van der Waals surface area contributed by atoms with Crippen LogP contribution in [0.2, 0.25) is 0 Å². The maximum atomic E-state index is 13.5. The SMILES string of the molecule is COc1ccc(C(=O)Nc2cc(C(=O)NC3CCC(N)CC3)ccc2N2CCCN(C(=O)N3CCOCC3)CC2)cc1OC. The lowest BCUT2D eigenvalue weighted by atomic mass is 9.91. The number of hydrogen-bond donors (Lipinski definition) is 3. The van der Waals surface area contributed by atoms with Gasteiger partial charge in [0.15, 0.2) is 11.5 Å². The van der Waals surface area contributed by atoms with Crippen LogP contribution in [-0.4, -0.2) is 106 Å². The highest BCUT2D eigenvalue weighted by Gasteiger charge is 2.27. The molecule has 2 aromatic carbocycles. The fourth-order valence-corrected chi connectivity index (χ4v) is 6.06. The van der Waals surface area contributed by atoms with Crippen molar-refractivity contribution in [3.05, 3.63) is 47.5 Å². The molecule has 2 heterocycles. The van der Waals surface area contributed by atoms with Crippen molar-refractivity contribution in [3.63, 3.8) is 0 Å². The number of benzene rings is 2. The summed E-state index contributed by atoms with van der Waals surface area (Å²) in [6.07, 6.45) is 4.24. The van der Waals surface area contributed by atoms with Gasteiger partial charge in [0, 0.05) is 62.5 Å². The number of rotatable bonds is 7. The van der Waals surface area contributed by atoms with Gasteiger partial charge in [0.1, 0.15) is 0 Å². The molecule has 3 fully saturated rings. The molecule has 0 spiro atoms. The van der Waals surface area contributed by atoms with E-state index in [-0.39, 0.29) is 29.9 Å². The van der Waals surface area contributed by atoms with Crippen molar-refractivity contribution >= 4 is 29.2 Å². The van der Waals surface area contributed by atoms with E-state index in [1.54, 1.807) is 37.4 Å². The van der Waals surface area contributed by atoms with Gasteiger partial charge in [-0.05, 0) is 68.5 Å². The van der Waals surface area contributed by atoms with Gasteiger partial charge in [-0.25, -0.2) is 4.79 Å². The van der Waals surface area contributed by atoms with Crippen LogP contribution in [0.1, 0.15) is 52.8 Å². The Hall–Kier alpha value is -4.03.